The van der Waals surface area contributed by atoms with E-state index in [0.29, 0.717) is 28.9 Å². The summed E-state index contributed by atoms with van der Waals surface area (Å²) in [6.07, 6.45) is 1.18. The molecule has 0 aliphatic carbocycles. The lowest BCUT2D eigenvalue weighted by atomic mass is 9.91. The van der Waals surface area contributed by atoms with Crippen LogP contribution in [0.5, 0.6) is 0 Å². The van der Waals surface area contributed by atoms with Gasteiger partial charge >= 0.3 is 0 Å². The van der Waals surface area contributed by atoms with Crippen LogP contribution in [-0.4, -0.2) is 28.9 Å². The van der Waals surface area contributed by atoms with Crippen molar-refractivity contribution < 1.29 is 9.21 Å². The van der Waals surface area contributed by atoms with E-state index in [1.54, 1.807) is 0 Å². The molecule has 0 radical (unpaired) electrons. The molecule has 2 atom stereocenters. The molecule has 2 aromatic heterocycles. The van der Waals surface area contributed by atoms with E-state index in [1.165, 1.54) is 6.42 Å². The third kappa shape index (κ3) is 3.12. The Hall–Kier alpha value is -2.62. The van der Waals surface area contributed by atoms with Gasteiger partial charge in [0.15, 0.2) is 5.76 Å². The molecule has 0 spiro atoms. The van der Waals surface area contributed by atoms with Crippen LogP contribution in [0.4, 0.5) is 0 Å². The van der Waals surface area contributed by atoms with Crippen LogP contribution in [0, 0.1) is 18.8 Å². The van der Waals surface area contributed by atoms with Crippen molar-refractivity contribution in [3.8, 4) is 11.5 Å². The van der Waals surface area contributed by atoms with E-state index < -0.39 is 0 Å². The third-order valence-corrected chi connectivity index (χ3v) is 5.10. The van der Waals surface area contributed by atoms with Gasteiger partial charge in [-0.3, -0.25) is 4.79 Å². The Kier molecular flexibility index (Phi) is 4.27. The number of benzene rings is 1. The van der Waals surface area contributed by atoms with E-state index in [-0.39, 0.29) is 5.91 Å². The zero-order chi connectivity index (χ0) is 18.3. The van der Waals surface area contributed by atoms with E-state index >= 15 is 0 Å². The normalized spacial score (nSPS) is 20.5. The minimum absolute atomic E-state index is 0.0894. The Bertz CT molecular complexity index is 950. The first-order valence-electron chi connectivity index (χ1n) is 9.27. The topological polar surface area (TPSA) is 46.3 Å². The van der Waals surface area contributed by atoms with Crippen LogP contribution < -0.4 is 0 Å². The highest BCUT2D eigenvalue weighted by Crippen LogP contribution is 2.29. The molecule has 1 amide bonds. The molecule has 1 aromatic carbocycles. The number of para-hydroxylation sites is 1. The summed E-state index contributed by atoms with van der Waals surface area (Å²) in [5, 5.41) is 0.899. The molecule has 3 aromatic rings. The number of aryl methyl sites for hydroxylation is 1. The maximum Gasteiger partial charge on any atom is 0.254 e. The first-order chi connectivity index (χ1) is 12.5. The molecule has 134 valence electrons. The summed E-state index contributed by atoms with van der Waals surface area (Å²) in [5.74, 6) is 2.68. The number of likely N-dealkylation sites (tertiary alicyclic amines) is 1. The van der Waals surface area contributed by atoms with Gasteiger partial charge in [-0.05, 0) is 49.4 Å². The Morgan fingerprint density at radius 3 is 2.54 bits per heavy atom. The molecule has 4 heteroatoms. The smallest absolute Gasteiger partial charge is 0.254 e. The number of rotatable bonds is 2. The van der Waals surface area contributed by atoms with Crippen LogP contribution in [0.2, 0.25) is 0 Å². The zero-order valence-electron chi connectivity index (χ0n) is 15.5. The minimum atomic E-state index is 0.0894. The monoisotopic (exact) mass is 348 g/mol. The molecule has 1 saturated heterocycles. The fourth-order valence-corrected chi connectivity index (χ4v) is 4.05. The molecular formula is C22H24N2O2. The van der Waals surface area contributed by atoms with Crippen molar-refractivity contribution >= 4 is 16.8 Å². The molecule has 0 bridgehead atoms. The quantitative estimate of drug-likeness (QED) is 0.660. The van der Waals surface area contributed by atoms with Crippen LogP contribution >= 0.6 is 0 Å². The van der Waals surface area contributed by atoms with Crippen molar-refractivity contribution in [2.24, 2.45) is 11.8 Å². The average molecular weight is 348 g/mol. The van der Waals surface area contributed by atoms with Gasteiger partial charge in [-0.2, -0.15) is 0 Å². The van der Waals surface area contributed by atoms with Crippen molar-refractivity contribution in [3.05, 3.63) is 53.8 Å². The number of hydrogen-bond donors (Lipinski definition) is 0. The number of furan rings is 1. The first kappa shape index (κ1) is 16.8. The van der Waals surface area contributed by atoms with E-state index in [2.05, 4.69) is 13.8 Å². The number of pyridine rings is 1. The fourth-order valence-electron chi connectivity index (χ4n) is 4.05. The highest BCUT2D eigenvalue weighted by atomic mass is 16.3. The number of amides is 1. The molecule has 1 aliphatic heterocycles. The summed E-state index contributed by atoms with van der Waals surface area (Å²) >= 11 is 0. The van der Waals surface area contributed by atoms with Crippen LogP contribution in [-0.2, 0) is 0 Å². The molecule has 4 nitrogen and oxygen atoms in total. The second-order valence-corrected chi connectivity index (χ2v) is 7.64. The van der Waals surface area contributed by atoms with Crippen LogP contribution in [0.25, 0.3) is 22.4 Å². The van der Waals surface area contributed by atoms with E-state index in [1.807, 2.05) is 54.3 Å². The largest absolute Gasteiger partial charge is 0.460 e. The van der Waals surface area contributed by atoms with Crippen molar-refractivity contribution in [2.75, 3.05) is 13.1 Å². The first-order valence-corrected chi connectivity index (χ1v) is 9.27. The third-order valence-electron chi connectivity index (χ3n) is 5.10. The van der Waals surface area contributed by atoms with Gasteiger partial charge in [-0.15, -0.1) is 0 Å². The molecule has 0 N–H and O–H groups in total. The van der Waals surface area contributed by atoms with Crippen molar-refractivity contribution in [3.63, 3.8) is 0 Å². The Balaban J connectivity index is 1.81. The summed E-state index contributed by atoms with van der Waals surface area (Å²) in [6.45, 7) is 7.98. The average Bonchev–Trinajstić information content (AvgIpc) is 3.06. The standard InChI is InChI=1S/C22H24N2O2/c1-14-10-15(2)13-24(12-14)22(25)18-11-20(21-9-8-16(3)26-21)23-19-7-5-4-6-17(18)19/h4-9,11,14-15H,10,12-13H2,1-3H3/t14-,15-/m0/s1. The summed E-state index contributed by atoms with van der Waals surface area (Å²) < 4.78 is 5.75. The van der Waals surface area contributed by atoms with Gasteiger partial charge in [-0.25, -0.2) is 4.98 Å². The second kappa shape index (κ2) is 6.60. The summed E-state index contributed by atoms with van der Waals surface area (Å²) in [4.78, 5) is 20.1. The number of carbonyl (C=O) groups excluding carboxylic acids is 1. The van der Waals surface area contributed by atoms with Crippen LogP contribution in [0.3, 0.4) is 0 Å². The molecule has 0 saturated carbocycles. The highest BCUT2D eigenvalue weighted by molar-refractivity contribution is 6.07. The van der Waals surface area contributed by atoms with Gasteiger partial charge in [0.25, 0.3) is 5.91 Å². The van der Waals surface area contributed by atoms with Crippen molar-refractivity contribution in [2.45, 2.75) is 27.2 Å². The molecule has 0 unspecified atom stereocenters. The molecule has 4 rings (SSSR count). The van der Waals surface area contributed by atoms with E-state index in [4.69, 9.17) is 9.40 Å². The number of carbonyl (C=O) groups is 1. The van der Waals surface area contributed by atoms with E-state index in [9.17, 15) is 4.79 Å². The predicted molar refractivity (Wildman–Crippen MR) is 103 cm³/mol. The van der Waals surface area contributed by atoms with Gasteiger partial charge in [0.05, 0.1) is 11.1 Å². The van der Waals surface area contributed by atoms with Gasteiger partial charge in [-0.1, -0.05) is 32.0 Å². The predicted octanol–water partition coefficient (Wildman–Crippen LogP) is 4.92. The van der Waals surface area contributed by atoms with Crippen LogP contribution in [0.15, 0.2) is 46.9 Å². The van der Waals surface area contributed by atoms with Gasteiger partial charge < -0.3 is 9.32 Å². The second-order valence-electron chi connectivity index (χ2n) is 7.64. The Morgan fingerprint density at radius 1 is 1.12 bits per heavy atom. The number of nitrogens with zero attached hydrogens (tertiary/aromatic N) is 2. The number of fused-ring (bicyclic) bond motifs is 1. The Labute approximate surface area is 153 Å². The maximum atomic E-state index is 13.4. The van der Waals surface area contributed by atoms with Gasteiger partial charge in [0.2, 0.25) is 0 Å². The molecular weight excluding hydrogens is 324 g/mol. The fraction of sp³-hybridized carbons (Fsp3) is 0.364. The number of aromatic nitrogens is 1. The lowest BCUT2D eigenvalue weighted by Crippen LogP contribution is -2.42. The maximum absolute atomic E-state index is 13.4. The minimum Gasteiger partial charge on any atom is -0.460 e. The summed E-state index contributed by atoms with van der Waals surface area (Å²) in [7, 11) is 0. The lowest BCUT2D eigenvalue weighted by Gasteiger charge is -2.35. The van der Waals surface area contributed by atoms with Gasteiger partial charge in [0.1, 0.15) is 11.5 Å². The SMILES string of the molecule is Cc1ccc(-c2cc(C(=O)N3C[C@@H](C)C[C@H](C)C3)c3ccccc3n2)o1. The van der Waals surface area contributed by atoms with Gasteiger partial charge in [0, 0.05) is 18.5 Å². The molecule has 26 heavy (non-hydrogen) atoms. The lowest BCUT2D eigenvalue weighted by molar-refractivity contribution is 0.0625. The number of hydrogen-bond acceptors (Lipinski definition) is 3. The zero-order valence-corrected chi connectivity index (χ0v) is 15.5. The van der Waals surface area contributed by atoms with E-state index in [0.717, 1.165) is 29.8 Å². The van der Waals surface area contributed by atoms with Crippen molar-refractivity contribution in [1.29, 1.82) is 0 Å². The summed E-state index contributed by atoms with van der Waals surface area (Å²) in [5.41, 5.74) is 2.24. The molecule has 1 aliphatic rings. The highest BCUT2D eigenvalue weighted by Gasteiger charge is 2.27. The Morgan fingerprint density at radius 2 is 1.85 bits per heavy atom. The molecule has 3 heterocycles. The molecule has 1 fully saturated rings. The summed E-state index contributed by atoms with van der Waals surface area (Å²) in [6, 6.07) is 13.5. The van der Waals surface area contributed by atoms with Crippen molar-refractivity contribution in [1.82, 2.24) is 9.88 Å². The number of piperidine rings is 1. The van der Waals surface area contributed by atoms with Crippen LogP contribution in [0.1, 0.15) is 36.4 Å².